The van der Waals surface area contributed by atoms with Gasteiger partial charge in [-0.2, -0.15) is 42.1 Å². The molecule has 0 amide bonds. The number of nitriles is 3. The van der Waals surface area contributed by atoms with Crippen molar-refractivity contribution in [1.82, 2.24) is 9.13 Å². The highest BCUT2D eigenvalue weighted by Gasteiger charge is 2.41. The maximum atomic E-state index is 14.9. The summed E-state index contributed by atoms with van der Waals surface area (Å²) < 4.78 is 93.6. The predicted molar refractivity (Wildman–Crippen MR) is 261 cm³/mol. The van der Waals surface area contributed by atoms with Crippen molar-refractivity contribution in [3.63, 3.8) is 0 Å². The molecule has 11 aromatic rings. The summed E-state index contributed by atoms with van der Waals surface area (Å²) in [5, 5.41) is 32.7. The second-order valence-corrected chi connectivity index (χ2v) is 16.8. The Balaban J connectivity index is 1.23. The van der Waals surface area contributed by atoms with Gasteiger partial charge in [0.05, 0.1) is 79.5 Å². The van der Waals surface area contributed by atoms with Crippen LogP contribution in [0.4, 0.5) is 26.3 Å². The molecular formula is C59H31F6N5. The van der Waals surface area contributed by atoms with Gasteiger partial charge in [-0.1, -0.05) is 84.9 Å². The minimum atomic E-state index is -5.15. The molecule has 0 aliphatic rings. The molecule has 0 atom stereocenters. The van der Waals surface area contributed by atoms with Gasteiger partial charge in [-0.3, -0.25) is 0 Å². The highest BCUT2D eigenvalue weighted by atomic mass is 19.4. The fourth-order valence-electron chi connectivity index (χ4n) is 9.75. The van der Waals surface area contributed by atoms with E-state index in [9.17, 15) is 42.1 Å². The van der Waals surface area contributed by atoms with Crippen molar-refractivity contribution in [2.45, 2.75) is 12.4 Å². The molecule has 11 rings (SSSR count). The summed E-state index contributed by atoms with van der Waals surface area (Å²) in [6.45, 7) is 0. The minimum Gasteiger partial charge on any atom is -0.309 e. The molecule has 0 N–H and O–H groups in total. The molecule has 0 fully saturated rings. The van der Waals surface area contributed by atoms with Crippen LogP contribution in [0.3, 0.4) is 0 Å². The lowest BCUT2D eigenvalue weighted by Gasteiger charge is -2.22. The highest BCUT2D eigenvalue weighted by molar-refractivity contribution is 6.13. The summed E-state index contributed by atoms with van der Waals surface area (Å²) in [6.07, 6.45) is -10.3. The number of para-hydroxylation sites is 2. The van der Waals surface area contributed by atoms with E-state index in [0.29, 0.717) is 51.2 Å². The molecule has 0 aliphatic carbocycles. The predicted octanol–water partition coefficient (Wildman–Crippen LogP) is 16.2. The molecule has 0 radical (unpaired) electrons. The lowest BCUT2D eigenvalue weighted by molar-refractivity contribution is -0.142. The number of aromatic nitrogens is 2. The van der Waals surface area contributed by atoms with Crippen LogP contribution in [0.25, 0.3) is 99.5 Å². The van der Waals surface area contributed by atoms with Crippen molar-refractivity contribution >= 4 is 43.6 Å². The van der Waals surface area contributed by atoms with Crippen molar-refractivity contribution in [3.05, 3.63) is 216 Å². The number of hydrogen-bond donors (Lipinski definition) is 0. The second kappa shape index (κ2) is 16.4. The monoisotopic (exact) mass is 923 g/mol. The normalized spacial score (nSPS) is 11.8. The lowest BCUT2D eigenvalue weighted by atomic mass is 9.90. The Morgan fingerprint density at radius 1 is 0.329 bits per heavy atom. The number of benzene rings is 9. The summed E-state index contributed by atoms with van der Waals surface area (Å²) in [5.74, 6) is 0. The van der Waals surface area contributed by atoms with Gasteiger partial charge in [0.1, 0.15) is 0 Å². The first-order valence-electron chi connectivity index (χ1n) is 21.9. The van der Waals surface area contributed by atoms with Crippen LogP contribution >= 0.6 is 0 Å². The largest absolute Gasteiger partial charge is 0.417 e. The molecule has 70 heavy (non-hydrogen) atoms. The molecule has 0 spiro atoms. The van der Waals surface area contributed by atoms with Crippen LogP contribution in [0, 0.1) is 34.0 Å². The van der Waals surface area contributed by atoms with Crippen LogP contribution in [-0.2, 0) is 12.4 Å². The third-order valence-electron chi connectivity index (χ3n) is 12.9. The number of fused-ring (bicyclic) bond motifs is 6. The summed E-state index contributed by atoms with van der Waals surface area (Å²) in [4.78, 5) is 0. The number of hydrogen-bond acceptors (Lipinski definition) is 3. The Kier molecular flexibility index (Phi) is 10.2. The number of nitrogens with zero attached hydrogens (tertiary/aromatic N) is 5. The van der Waals surface area contributed by atoms with Gasteiger partial charge in [0.25, 0.3) is 0 Å². The molecule has 0 bridgehead atoms. The van der Waals surface area contributed by atoms with E-state index in [2.05, 4.69) is 18.2 Å². The van der Waals surface area contributed by atoms with Crippen LogP contribution in [-0.4, -0.2) is 9.13 Å². The molecule has 2 aromatic heterocycles. The zero-order valence-electron chi connectivity index (χ0n) is 36.4. The van der Waals surface area contributed by atoms with Crippen LogP contribution in [0.1, 0.15) is 27.8 Å². The molecule has 334 valence electrons. The van der Waals surface area contributed by atoms with Gasteiger partial charge in [-0.25, -0.2) is 0 Å². The first kappa shape index (κ1) is 43.2. The van der Waals surface area contributed by atoms with Gasteiger partial charge in [-0.05, 0) is 131 Å². The summed E-state index contributed by atoms with van der Waals surface area (Å²) >= 11 is 0. The van der Waals surface area contributed by atoms with E-state index in [-0.39, 0.29) is 16.7 Å². The van der Waals surface area contributed by atoms with Gasteiger partial charge < -0.3 is 9.13 Å². The number of rotatable bonds is 6. The molecule has 0 aliphatic heterocycles. The molecule has 0 saturated heterocycles. The molecule has 2 heterocycles. The van der Waals surface area contributed by atoms with Crippen LogP contribution in [0.5, 0.6) is 0 Å². The fraction of sp³-hybridized carbons (Fsp3) is 0.0339. The Bertz CT molecular complexity index is 4030. The van der Waals surface area contributed by atoms with E-state index in [1.807, 2.05) is 118 Å². The Morgan fingerprint density at radius 2 is 0.714 bits per heavy atom. The number of alkyl halides is 6. The fourth-order valence-corrected chi connectivity index (χ4v) is 9.75. The highest BCUT2D eigenvalue weighted by Crippen LogP contribution is 2.48. The zero-order chi connectivity index (χ0) is 48.5. The standard InChI is InChI=1S/C59H31F6N5/c60-58(61,62)49-8-5-9-50(59(63,64)65)57(49)42-23-27-56(70-52-11-4-2-7-44(52)47-30-41(22-26-55(47)70)39-19-14-36(33-67)15-20-39)48(31-42)45-28-37(34-68)16-24-53(45)69-51-10-3-1-6-43(51)46-29-40(21-25-54(46)69)38-17-12-35(32-66)13-18-38/h1-31H. The van der Waals surface area contributed by atoms with E-state index in [4.69, 9.17) is 0 Å². The lowest BCUT2D eigenvalue weighted by Crippen LogP contribution is -2.14. The minimum absolute atomic E-state index is 0.208. The summed E-state index contributed by atoms with van der Waals surface area (Å²) in [7, 11) is 0. The first-order chi connectivity index (χ1) is 33.8. The van der Waals surface area contributed by atoms with Gasteiger partial charge >= 0.3 is 12.4 Å². The Hall–Kier alpha value is -9.37. The van der Waals surface area contributed by atoms with Gasteiger partial charge in [-0.15, -0.1) is 0 Å². The Morgan fingerprint density at radius 3 is 1.17 bits per heavy atom. The van der Waals surface area contributed by atoms with E-state index in [1.165, 1.54) is 12.1 Å². The molecular weight excluding hydrogens is 893 g/mol. The van der Waals surface area contributed by atoms with E-state index < -0.39 is 29.0 Å². The van der Waals surface area contributed by atoms with Gasteiger partial charge in [0.2, 0.25) is 0 Å². The van der Waals surface area contributed by atoms with Crippen molar-refractivity contribution in [3.8, 4) is 74.1 Å². The zero-order valence-corrected chi connectivity index (χ0v) is 36.4. The molecule has 11 heteroatoms. The molecule has 9 aromatic carbocycles. The molecule has 5 nitrogen and oxygen atoms in total. The average molecular weight is 924 g/mol. The average Bonchev–Trinajstić information content (AvgIpc) is 3.89. The van der Waals surface area contributed by atoms with Crippen molar-refractivity contribution in [2.24, 2.45) is 0 Å². The third kappa shape index (κ3) is 7.18. The van der Waals surface area contributed by atoms with Gasteiger partial charge in [0.15, 0.2) is 0 Å². The SMILES string of the molecule is N#Cc1ccc(-c2ccc3c(c2)c2ccccc2n3-c2ccc(C#N)cc2-c2cc(-c3c(C(F)(F)F)cccc3C(F)(F)F)ccc2-n2c3ccccc3c3cc(-c4ccc(C#N)cc4)ccc32)cc1. The smallest absolute Gasteiger partial charge is 0.309 e. The third-order valence-corrected chi connectivity index (χ3v) is 12.9. The van der Waals surface area contributed by atoms with Crippen LogP contribution in [0.15, 0.2) is 188 Å². The Labute approximate surface area is 395 Å². The summed E-state index contributed by atoms with van der Waals surface area (Å²) in [5.41, 5.74) is 4.96. The van der Waals surface area contributed by atoms with E-state index in [1.54, 1.807) is 48.5 Å². The first-order valence-corrected chi connectivity index (χ1v) is 21.9. The maximum absolute atomic E-state index is 14.9. The maximum Gasteiger partial charge on any atom is 0.417 e. The molecule has 0 unspecified atom stereocenters. The van der Waals surface area contributed by atoms with Crippen molar-refractivity contribution in [2.75, 3.05) is 0 Å². The van der Waals surface area contributed by atoms with Crippen LogP contribution < -0.4 is 0 Å². The topological polar surface area (TPSA) is 81.2 Å². The van der Waals surface area contributed by atoms with E-state index in [0.717, 1.165) is 60.9 Å². The van der Waals surface area contributed by atoms with Crippen molar-refractivity contribution < 1.29 is 26.3 Å². The van der Waals surface area contributed by atoms with E-state index >= 15 is 0 Å². The van der Waals surface area contributed by atoms with Gasteiger partial charge in [0, 0.05) is 38.2 Å². The second-order valence-electron chi connectivity index (χ2n) is 16.8. The quantitative estimate of drug-likeness (QED) is 0.156. The summed E-state index contributed by atoms with van der Waals surface area (Å²) in [6, 6.07) is 59.3. The van der Waals surface area contributed by atoms with Crippen LogP contribution in [0.2, 0.25) is 0 Å². The number of halogens is 6. The molecule has 0 saturated carbocycles. The van der Waals surface area contributed by atoms with Crippen molar-refractivity contribution in [1.29, 1.82) is 15.8 Å².